The predicted molar refractivity (Wildman–Crippen MR) is 156 cm³/mol. The van der Waals surface area contributed by atoms with Crippen LogP contribution in [-0.4, -0.2) is 23.0 Å². The largest absolute Gasteiger partial charge is 0.494 e. The van der Waals surface area contributed by atoms with E-state index >= 15 is 0 Å². The van der Waals surface area contributed by atoms with E-state index in [-0.39, 0.29) is 17.0 Å². The van der Waals surface area contributed by atoms with E-state index in [0.29, 0.717) is 12.2 Å². The molecule has 0 unspecified atom stereocenters. The lowest BCUT2D eigenvalue weighted by Crippen LogP contribution is -2.54. The summed E-state index contributed by atoms with van der Waals surface area (Å²) in [6.45, 7) is 11.8. The second-order valence-corrected chi connectivity index (χ2v) is 13.0. The number of nitrogens with zero attached hydrogens (tertiary/aromatic N) is 1. The lowest BCUT2D eigenvalue weighted by atomic mass is 9.81. The Labute approximate surface area is 227 Å². The van der Waals surface area contributed by atoms with Gasteiger partial charge in [0.15, 0.2) is 0 Å². The average Bonchev–Trinajstić information content (AvgIpc) is 3.42. The Morgan fingerprint density at radius 3 is 2.68 bits per heavy atom. The van der Waals surface area contributed by atoms with Crippen molar-refractivity contribution in [1.82, 2.24) is 10.3 Å². The first-order chi connectivity index (χ1) is 17.7. The molecule has 194 valence electrons. The molecule has 0 saturated carbocycles. The number of amides is 1. The van der Waals surface area contributed by atoms with Crippen LogP contribution in [0, 0.1) is 0 Å². The smallest absolute Gasteiger partial charge is 0.256 e. The molecule has 1 aliphatic heterocycles. The number of thiazole rings is 1. The third-order valence-corrected chi connectivity index (χ3v) is 9.22. The van der Waals surface area contributed by atoms with Gasteiger partial charge in [0.2, 0.25) is 0 Å². The summed E-state index contributed by atoms with van der Waals surface area (Å²) in [7, 11) is 0. The third-order valence-electron chi connectivity index (χ3n) is 6.69. The normalized spacial score (nSPS) is 15.9. The van der Waals surface area contributed by atoms with Crippen molar-refractivity contribution >= 4 is 43.8 Å². The molecule has 5 nitrogen and oxygen atoms in total. The first-order valence-corrected chi connectivity index (χ1v) is 14.7. The fraction of sp³-hybridized carbons (Fsp3) is 0.400. The standard InChI is InChI=1S/C30H35N3O2S2/c1-6-7-10-16-35-20-13-11-12-19(17-20)26(34)32-28-24(27-31-22-14-8-9-15-23(22)36-27)21-18-29(2,3)33-30(4,5)25(21)37-28/h8-9,11-15,17,33H,6-7,10,16,18H2,1-5H3,(H,32,34). The number of nitrogens with one attached hydrogen (secondary N) is 2. The number of unbranched alkanes of at least 4 members (excludes halogenated alkanes) is 2. The summed E-state index contributed by atoms with van der Waals surface area (Å²) in [5, 5.41) is 8.86. The van der Waals surface area contributed by atoms with E-state index in [0.717, 1.165) is 57.2 Å². The van der Waals surface area contributed by atoms with Gasteiger partial charge >= 0.3 is 0 Å². The predicted octanol–water partition coefficient (Wildman–Crippen LogP) is 8.01. The lowest BCUT2D eigenvalue weighted by Gasteiger charge is -2.42. The summed E-state index contributed by atoms with van der Waals surface area (Å²) < 4.78 is 7.05. The van der Waals surface area contributed by atoms with Crippen LogP contribution in [0.4, 0.5) is 5.00 Å². The molecule has 0 bridgehead atoms. The van der Waals surface area contributed by atoms with E-state index in [2.05, 4.69) is 51.3 Å². The minimum Gasteiger partial charge on any atom is -0.494 e. The van der Waals surface area contributed by atoms with Crippen molar-refractivity contribution in [2.45, 2.75) is 71.4 Å². The van der Waals surface area contributed by atoms with E-state index in [9.17, 15) is 4.79 Å². The highest BCUT2D eigenvalue weighted by Crippen LogP contribution is 2.50. The van der Waals surface area contributed by atoms with Gasteiger partial charge in [0, 0.05) is 27.1 Å². The van der Waals surface area contributed by atoms with Crippen molar-refractivity contribution in [1.29, 1.82) is 0 Å². The van der Waals surface area contributed by atoms with Gasteiger partial charge in [-0.3, -0.25) is 4.79 Å². The highest BCUT2D eigenvalue weighted by atomic mass is 32.1. The molecule has 1 amide bonds. The van der Waals surface area contributed by atoms with Gasteiger partial charge < -0.3 is 15.4 Å². The van der Waals surface area contributed by atoms with Gasteiger partial charge in [0.1, 0.15) is 15.8 Å². The van der Waals surface area contributed by atoms with Gasteiger partial charge in [-0.05, 0) is 76.4 Å². The van der Waals surface area contributed by atoms with Gasteiger partial charge in [-0.15, -0.1) is 22.7 Å². The zero-order chi connectivity index (χ0) is 26.2. The summed E-state index contributed by atoms with van der Waals surface area (Å²) in [6.07, 6.45) is 4.17. The highest BCUT2D eigenvalue weighted by Gasteiger charge is 2.41. The molecule has 2 N–H and O–H groups in total. The molecule has 0 spiro atoms. The van der Waals surface area contributed by atoms with E-state index in [1.54, 1.807) is 22.7 Å². The monoisotopic (exact) mass is 533 g/mol. The topological polar surface area (TPSA) is 63.2 Å². The number of thiophene rings is 1. The molecule has 4 aromatic rings. The Hall–Kier alpha value is -2.74. The first-order valence-electron chi connectivity index (χ1n) is 13.0. The molecule has 0 aliphatic carbocycles. The number of anilines is 1. The molecule has 1 aliphatic rings. The van der Waals surface area contributed by atoms with Gasteiger partial charge in [-0.25, -0.2) is 4.98 Å². The second kappa shape index (κ2) is 10.2. The highest BCUT2D eigenvalue weighted by molar-refractivity contribution is 7.23. The van der Waals surface area contributed by atoms with Crippen LogP contribution < -0.4 is 15.4 Å². The first kappa shape index (κ1) is 25.9. The molecule has 2 aromatic heterocycles. The molecule has 2 aromatic carbocycles. The molecule has 3 heterocycles. The van der Waals surface area contributed by atoms with Crippen LogP contribution in [0.5, 0.6) is 5.75 Å². The molecular formula is C30H35N3O2S2. The number of aromatic nitrogens is 1. The van der Waals surface area contributed by atoms with Gasteiger partial charge in [0.05, 0.1) is 16.8 Å². The van der Waals surface area contributed by atoms with Crippen molar-refractivity contribution < 1.29 is 9.53 Å². The molecule has 0 saturated heterocycles. The summed E-state index contributed by atoms with van der Waals surface area (Å²) >= 11 is 3.35. The van der Waals surface area contributed by atoms with Crippen LogP contribution >= 0.6 is 22.7 Å². The molecule has 0 radical (unpaired) electrons. The maximum atomic E-state index is 13.5. The van der Waals surface area contributed by atoms with E-state index in [1.165, 1.54) is 10.4 Å². The zero-order valence-electron chi connectivity index (χ0n) is 22.2. The van der Waals surface area contributed by atoms with Gasteiger partial charge in [-0.1, -0.05) is 38.0 Å². The Kier molecular flexibility index (Phi) is 7.14. The summed E-state index contributed by atoms with van der Waals surface area (Å²) in [5.74, 6) is 0.595. The van der Waals surface area contributed by atoms with Crippen LogP contribution in [0.3, 0.4) is 0 Å². The van der Waals surface area contributed by atoms with Crippen molar-refractivity contribution in [2.75, 3.05) is 11.9 Å². The molecule has 5 rings (SSSR count). The summed E-state index contributed by atoms with van der Waals surface area (Å²) in [6, 6.07) is 15.7. The summed E-state index contributed by atoms with van der Waals surface area (Å²) in [5.41, 5.74) is 3.62. The number of carbonyl (C=O) groups is 1. The molecule has 37 heavy (non-hydrogen) atoms. The number of rotatable bonds is 8. The lowest BCUT2D eigenvalue weighted by molar-refractivity contribution is 0.102. The number of hydrogen-bond donors (Lipinski definition) is 2. The van der Waals surface area contributed by atoms with Crippen molar-refractivity contribution in [3.63, 3.8) is 0 Å². The minimum atomic E-state index is -0.220. The summed E-state index contributed by atoms with van der Waals surface area (Å²) in [4.78, 5) is 19.8. The molecule has 0 fully saturated rings. The quantitative estimate of drug-likeness (QED) is 0.225. The maximum Gasteiger partial charge on any atom is 0.256 e. The van der Waals surface area contributed by atoms with E-state index < -0.39 is 0 Å². The third kappa shape index (κ3) is 5.44. The number of para-hydroxylation sites is 1. The van der Waals surface area contributed by atoms with Gasteiger partial charge in [-0.2, -0.15) is 0 Å². The van der Waals surface area contributed by atoms with Crippen LogP contribution in [-0.2, 0) is 12.0 Å². The van der Waals surface area contributed by atoms with Crippen molar-refractivity contribution in [2.24, 2.45) is 0 Å². The SMILES string of the molecule is CCCCCOc1cccc(C(=O)Nc2sc3c(c2-c2nc4ccccc4s2)CC(C)(C)NC3(C)C)c1. The fourth-order valence-corrected chi connectivity index (χ4v) is 7.65. The van der Waals surface area contributed by atoms with Crippen LogP contribution in [0.25, 0.3) is 20.8 Å². The Balaban J connectivity index is 1.52. The minimum absolute atomic E-state index is 0.0757. The van der Waals surface area contributed by atoms with E-state index in [1.807, 2.05) is 42.5 Å². The van der Waals surface area contributed by atoms with Crippen molar-refractivity contribution in [3.8, 4) is 16.3 Å². The van der Waals surface area contributed by atoms with Crippen molar-refractivity contribution in [3.05, 3.63) is 64.5 Å². The Morgan fingerprint density at radius 1 is 1.08 bits per heavy atom. The van der Waals surface area contributed by atoms with Gasteiger partial charge in [0.25, 0.3) is 5.91 Å². The maximum absolute atomic E-state index is 13.5. The van der Waals surface area contributed by atoms with Crippen LogP contribution in [0.1, 0.15) is 74.7 Å². The Morgan fingerprint density at radius 2 is 1.89 bits per heavy atom. The molecular weight excluding hydrogens is 498 g/mol. The van der Waals surface area contributed by atoms with Crippen LogP contribution in [0.2, 0.25) is 0 Å². The van der Waals surface area contributed by atoms with Crippen LogP contribution in [0.15, 0.2) is 48.5 Å². The number of benzene rings is 2. The number of ether oxygens (including phenoxy) is 1. The number of carbonyl (C=O) groups excluding carboxylic acids is 1. The number of fused-ring (bicyclic) bond motifs is 2. The Bertz CT molecular complexity index is 1400. The fourth-order valence-electron chi connectivity index (χ4n) is 5.27. The molecule has 0 atom stereocenters. The zero-order valence-corrected chi connectivity index (χ0v) is 23.9. The average molecular weight is 534 g/mol. The molecule has 7 heteroatoms. The van der Waals surface area contributed by atoms with E-state index in [4.69, 9.17) is 9.72 Å². The second-order valence-electron chi connectivity index (χ2n) is 10.9. The number of hydrogen-bond acceptors (Lipinski definition) is 6.